The summed E-state index contributed by atoms with van der Waals surface area (Å²) in [5.74, 6) is -0.543. The second kappa shape index (κ2) is 8.62. The zero-order chi connectivity index (χ0) is 19.1. The molecule has 136 valence electrons. The van der Waals surface area contributed by atoms with Gasteiger partial charge in [0.25, 0.3) is 5.91 Å². The maximum absolute atomic E-state index is 12.8. The average Bonchev–Trinajstić information content (AvgIpc) is 2.73. The third kappa shape index (κ3) is 4.70. The van der Waals surface area contributed by atoms with E-state index < -0.39 is 18.0 Å². The second-order valence-corrected chi connectivity index (χ2v) is 5.63. The van der Waals surface area contributed by atoms with Crippen molar-refractivity contribution in [2.45, 2.75) is 6.10 Å². The van der Waals surface area contributed by atoms with E-state index in [1.807, 2.05) is 6.07 Å². The van der Waals surface area contributed by atoms with Crippen molar-refractivity contribution in [2.75, 3.05) is 12.4 Å². The predicted octanol–water partition coefficient (Wildman–Crippen LogP) is 3.63. The molecule has 0 saturated heterocycles. The Hall–Kier alpha value is -3.67. The molecule has 1 heterocycles. The molecule has 0 aliphatic heterocycles. The van der Waals surface area contributed by atoms with Gasteiger partial charge in [0.1, 0.15) is 11.4 Å². The van der Waals surface area contributed by atoms with Gasteiger partial charge in [-0.25, -0.2) is 9.78 Å². The smallest absolute Gasteiger partial charge is 0.358 e. The largest absolute Gasteiger partial charge is 0.497 e. The van der Waals surface area contributed by atoms with Crippen LogP contribution in [0.5, 0.6) is 5.75 Å². The summed E-state index contributed by atoms with van der Waals surface area (Å²) in [5.41, 5.74) is 1.23. The maximum Gasteiger partial charge on any atom is 0.358 e. The van der Waals surface area contributed by atoms with Gasteiger partial charge >= 0.3 is 5.97 Å². The number of pyridine rings is 1. The molecule has 6 nitrogen and oxygen atoms in total. The van der Waals surface area contributed by atoms with E-state index >= 15 is 0 Å². The van der Waals surface area contributed by atoms with Crippen molar-refractivity contribution in [3.05, 3.63) is 90.3 Å². The third-order valence-electron chi connectivity index (χ3n) is 3.78. The Kier molecular flexibility index (Phi) is 5.79. The van der Waals surface area contributed by atoms with Gasteiger partial charge < -0.3 is 14.8 Å². The number of hydrogen-bond acceptors (Lipinski definition) is 5. The first-order valence-electron chi connectivity index (χ1n) is 8.29. The number of amides is 1. The Bertz CT molecular complexity index is 914. The molecule has 1 atom stereocenters. The molecule has 1 N–H and O–H groups in total. The monoisotopic (exact) mass is 362 g/mol. The van der Waals surface area contributed by atoms with Gasteiger partial charge in [-0.15, -0.1) is 0 Å². The quantitative estimate of drug-likeness (QED) is 0.678. The zero-order valence-electron chi connectivity index (χ0n) is 14.7. The summed E-state index contributed by atoms with van der Waals surface area (Å²) in [5, 5.41) is 2.76. The Morgan fingerprint density at radius 3 is 2.44 bits per heavy atom. The number of hydrogen-bond donors (Lipinski definition) is 1. The van der Waals surface area contributed by atoms with Gasteiger partial charge in [-0.2, -0.15) is 0 Å². The van der Waals surface area contributed by atoms with Crippen molar-refractivity contribution >= 4 is 17.6 Å². The molecule has 27 heavy (non-hydrogen) atoms. The lowest BCUT2D eigenvalue weighted by molar-refractivity contribution is -0.125. The minimum atomic E-state index is -1.12. The highest BCUT2D eigenvalue weighted by Crippen LogP contribution is 2.23. The molecule has 3 rings (SSSR count). The summed E-state index contributed by atoms with van der Waals surface area (Å²) < 4.78 is 10.6. The number of methoxy groups -OCH3 is 1. The summed E-state index contributed by atoms with van der Waals surface area (Å²) in [6.07, 6.45) is 0.372. The van der Waals surface area contributed by atoms with Gasteiger partial charge in [-0.3, -0.25) is 4.79 Å². The summed E-state index contributed by atoms with van der Waals surface area (Å²) in [6, 6.07) is 20.7. The highest BCUT2D eigenvalue weighted by molar-refractivity contribution is 5.97. The third-order valence-corrected chi connectivity index (χ3v) is 3.78. The van der Waals surface area contributed by atoms with E-state index in [2.05, 4.69) is 10.3 Å². The normalized spacial score (nSPS) is 11.3. The van der Waals surface area contributed by atoms with Gasteiger partial charge in [0, 0.05) is 23.5 Å². The molecule has 3 aromatic rings. The lowest BCUT2D eigenvalue weighted by Crippen LogP contribution is -2.26. The SMILES string of the molecule is COc1cccc(NC(=O)[C@@H](OC(=O)c2ccccn2)c2ccccc2)c1. The van der Waals surface area contributed by atoms with E-state index in [4.69, 9.17) is 9.47 Å². The van der Waals surface area contributed by atoms with E-state index in [0.29, 0.717) is 17.0 Å². The Labute approximate surface area is 156 Å². The Morgan fingerprint density at radius 1 is 0.963 bits per heavy atom. The lowest BCUT2D eigenvalue weighted by atomic mass is 10.1. The van der Waals surface area contributed by atoms with Crippen LogP contribution in [0.3, 0.4) is 0 Å². The van der Waals surface area contributed by atoms with E-state index in [1.165, 1.54) is 12.3 Å². The molecule has 0 saturated carbocycles. The molecule has 0 bridgehead atoms. The molecule has 0 spiro atoms. The fourth-order valence-electron chi connectivity index (χ4n) is 2.46. The van der Waals surface area contributed by atoms with Crippen molar-refractivity contribution in [3.63, 3.8) is 0 Å². The molecular formula is C21H18N2O4. The molecule has 0 aliphatic carbocycles. The molecule has 1 aromatic heterocycles. The number of nitrogens with one attached hydrogen (secondary N) is 1. The van der Waals surface area contributed by atoms with E-state index in [1.54, 1.807) is 67.8 Å². The fourth-order valence-corrected chi connectivity index (χ4v) is 2.46. The van der Waals surface area contributed by atoms with Crippen LogP contribution in [0.2, 0.25) is 0 Å². The number of benzene rings is 2. The van der Waals surface area contributed by atoms with E-state index in [9.17, 15) is 9.59 Å². The first-order chi connectivity index (χ1) is 13.2. The molecule has 2 aromatic carbocycles. The van der Waals surface area contributed by atoms with Crippen molar-refractivity contribution in [2.24, 2.45) is 0 Å². The number of carbonyl (C=O) groups excluding carboxylic acids is 2. The highest BCUT2D eigenvalue weighted by atomic mass is 16.5. The molecule has 0 fully saturated rings. The zero-order valence-corrected chi connectivity index (χ0v) is 14.7. The summed E-state index contributed by atoms with van der Waals surface area (Å²) in [6.45, 7) is 0. The minimum absolute atomic E-state index is 0.132. The standard InChI is InChI=1S/C21H18N2O4/c1-26-17-11-7-10-16(14-17)23-20(24)19(15-8-3-2-4-9-15)27-21(25)18-12-5-6-13-22-18/h2-14,19H,1H3,(H,23,24)/t19-/m0/s1. The lowest BCUT2D eigenvalue weighted by Gasteiger charge is -2.18. The highest BCUT2D eigenvalue weighted by Gasteiger charge is 2.26. The summed E-state index contributed by atoms with van der Waals surface area (Å²) in [4.78, 5) is 29.2. The second-order valence-electron chi connectivity index (χ2n) is 5.63. The molecule has 0 radical (unpaired) electrons. The van der Waals surface area contributed by atoms with Crippen LogP contribution < -0.4 is 10.1 Å². The van der Waals surface area contributed by atoms with Crippen molar-refractivity contribution in [3.8, 4) is 5.75 Å². The topological polar surface area (TPSA) is 77.5 Å². The van der Waals surface area contributed by atoms with Crippen LogP contribution in [0.25, 0.3) is 0 Å². The van der Waals surface area contributed by atoms with Crippen molar-refractivity contribution < 1.29 is 19.1 Å². The van der Waals surface area contributed by atoms with Crippen LogP contribution in [0.15, 0.2) is 79.0 Å². The molecule has 0 aliphatic rings. The van der Waals surface area contributed by atoms with E-state index in [0.717, 1.165) is 0 Å². The van der Waals surface area contributed by atoms with Gasteiger partial charge in [0.15, 0.2) is 0 Å². The van der Waals surface area contributed by atoms with E-state index in [-0.39, 0.29) is 5.69 Å². The van der Waals surface area contributed by atoms with Gasteiger partial charge in [0.2, 0.25) is 6.10 Å². The maximum atomic E-state index is 12.8. The van der Waals surface area contributed by atoms with Crippen LogP contribution >= 0.6 is 0 Å². The number of anilines is 1. The van der Waals surface area contributed by atoms with Crippen LogP contribution in [-0.2, 0) is 9.53 Å². The predicted molar refractivity (Wildman–Crippen MR) is 100 cm³/mol. The minimum Gasteiger partial charge on any atom is -0.497 e. The van der Waals surface area contributed by atoms with Crippen LogP contribution in [0.4, 0.5) is 5.69 Å². The van der Waals surface area contributed by atoms with Gasteiger partial charge in [-0.05, 0) is 24.3 Å². The van der Waals surface area contributed by atoms with Crippen LogP contribution in [-0.4, -0.2) is 24.0 Å². The Balaban J connectivity index is 1.83. The fraction of sp³-hybridized carbons (Fsp3) is 0.0952. The molecule has 1 amide bonds. The summed E-state index contributed by atoms with van der Waals surface area (Å²) in [7, 11) is 1.54. The first-order valence-corrected chi connectivity index (χ1v) is 8.29. The van der Waals surface area contributed by atoms with Crippen molar-refractivity contribution in [1.82, 2.24) is 4.98 Å². The summed E-state index contributed by atoms with van der Waals surface area (Å²) >= 11 is 0. The van der Waals surface area contributed by atoms with Crippen LogP contribution in [0, 0.1) is 0 Å². The molecule has 6 heteroatoms. The first kappa shape index (κ1) is 18.1. The average molecular weight is 362 g/mol. The van der Waals surface area contributed by atoms with Gasteiger partial charge in [-0.1, -0.05) is 42.5 Å². The number of aromatic nitrogens is 1. The number of nitrogens with zero attached hydrogens (tertiary/aromatic N) is 1. The van der Waals surface area contributed by atoms with Crippen LogP contribution in [0.1, 0.15) is 22.2 Å². The number of esters is 1. The van der Waals surface area contributed by atoms with Crippen molar-refractivity contribution in [1.29, 1.82) is 0 Å². The number of carbonyl (C=O) groups is 2. The molecular weight excluding hydrogens is 344 g/mol. The molecule has 0 unspecified atom stereocenters. The Morgan fingerprint density at radius 2 is 1.74 bits per heavy atom. The van der Waals surface area contributed by atoms with Gasteiger partial charge in [0.05, 0.1) is 7.11 Å². The number of ether oxygens (including phenoxy) is 2. The number of rotatable bonds is 6.